The van der Waals surface area contributed by atoms with Crippen LogP contribution in [-0.4, -0.2) is 85.5 Å². The molecular weight excluding hydrogens is 439 g/mol. The van der Waals surface area contributed by atoms with Gasteiger partial charge in [-0.1, -0.05) is 0 Å². The first-order valence-corrected chi connectivity index (χ1v) is 12.3. The smallest absolute Gasteiger partial charge is 0.312 e. The molecule has 0 aromatic heterocycles. The van der Waals surface area contributed by atoms with Crippen LogP contribution in [0.5, 0.6) is 0 Å². The van der Waals surface area contributed by atoms with Crippen LogP contribution in [0.3, 0.4) is 0 Å². The van der Waals surface area contributed by atoms with Crippen LogP contribution in [-0.2, 0) is 19.1 Å². The average Bonchev–Trinajstić information content (AvgIpc) is 3.12. The number of hydrogen-bond donors (Lipinski definition) is 1. The highest BCUT2D eigenvalue weighted by molar-refractivity contribution is 5.87. The molecule has 9 heteroatoms. The molecule has 3 aliphatic rings. The second kappa shape index (κ2) is 10.3. The van der Waals surface area contributed by atoms with Crippen molar-refractivity contribution in [2.75, 3.05) is 50.7 Å². The predicted octanol–water partition coefficient (Wildman–Crippen LogP) is 1.79. The van der Waals surface area contributed by atoms with E-state index in [1.165, 1.54) is 19.1 Å². The van der Waals surface area contributed by atoms with Crippen molar-refractivity contribution >= 4 is 23.5 Å². The summed E-state index contributed by atoms with van der Waals surface area (Å²) in [6.07, 6.45) is 2.66. The highest BCUT2D eigenvalue weighted by Gasteiger charge is 2.50. The van der Waals surface area contributed by atoms with Gasteiger partial charge in [0.2, 0.25) is 11.8 Å². The summed E-state index contributed by atoms with van der Waals surface area (Å²) >= 11 is 0. The predicted molar refractivity (Wildman–Crippen MR) is 126 cm³/mol. The van der Waals surface area contributed by atoms with Gasteiger partial charge in [0.25, 0.3) is 0 Å². The Balaban J connectivity index is 1.21. The molecule has 3 heterocycles. The average molecular weight is 475 g/mol. The third-order valence-electron chi connectivity index (χ3n) is 7.48. The number of benzene rings is 1. The Hall–Kier alpha value is -2.68. The SMILES string of the molecule is CC(=O)N[C@H](C)C(=O)N1CCC2(CC1)C[C@H](CCN1CCN(c3ccc(F)cc3)CC1)OC2=O. The standard InChI is InChI=1S/C25H35FN4O4/c1-18(27-19(2)31)23(32)30-11-8-25(9-12-30)17-22(34-24(25)33)7-10-28-13-15-29(16-14-28)21-5-3-20(26)4-6-21/h3-6,18,22H,7-17H2,1-2H3,(H,27,31)/t18-,22+/m1/s1. The number of hydrogen-bond acceptors (Lipinski definition) is 6. The summed E-state index contributed by atoms with van der Waals surface area (Å²) in [5.74, 6) is -0.676. The minimum Gasteiger partial charge on any atom is -0.462 e. The van der Waals surface area contributed by atoms with Crippen LogP contribution in [0, 0.1) is 11.2 Å². The summed E-state index contributed by atoms with van der Waals surface area (Å²) < 4.78 is 18.9. The Labute approximate surface area is 200 Å². The summed E-state index contributed by atoms with van der Waals surface area (Å²) in [6.45, 7) is 8.61. The van der Waals surface area contributed by atoms with Crippen molar-refractivity contribution in [3.05, 3.63) is 30.1 Å². The van der Waals surface area contributed by atoms with Crippen molar-refractivity contribution in [3.8, 4) is 0 Å². The lowest BCUT2D eigenvalue weighted by atomic mass is 9.75. The fourth-order valence-electron chi connectivity index (χ4n) is 5.41. The number of piperazine rings is 1. The molecule has 3 fully saturated rings. The van der Waals surface area contributed by atoms with Crippen molar-refractivity contribution in [2.45, 2.75) is 51.7 Å². The summed E-state index contributed by atoms with van der Waals surface area (Å²) in [7, 11) is 0. The van der Waals surface area contributed by atoms with E-state index in [4.69, 9.17) is 4.74 Å². The maximum atomic E-state index is 13.2. The molecule has 1 aromatic rings. The lowest BCUT2D eigenvalue weighted by Crippen LogP contribution is -2.51. The lowest BCUT2D eigenvalue weighted by molar-refractivity contribution is -0.153. The lowest BCUT2D eigenvalue weighted by Gasteiger charge is -2.37. The minimum atomic E-state index is -0.557. The first-order valence-electron chi connectivity index (χ1n) is 12.3. The number of rotatable bonds is 6. The number of anilines is 1. The largest absolute Gasteiger partial charge is 0.462 e. The van der Waals surface area contributed by atoms with Crippen molar-refractivity contribution < 1.29 is 23.5 Å². The molecule has 1 N–H and O–H groups in total. The van der Waals surface area contributed by atoms with Gasteiger partial charge in [0.05, 0.1) is 5.41 Å². The van der Waals surface area contributed by atoms with Crippen LogP contribution in [0.1, 0.15) is 39.5 Å². The summed E-state index contributed by atoms with van der Waals surface area (Å²) in [6, 6.07) is 6.08. The van der Waals surface area contributed by atoms with Crippen molar-refractivity contribution in [1.29, 1.82) is 0 Å². The van der Waals surface area contributed by atoms with E-state index >= 15 is 0 Å². The molecule has 0 unspecified atom stereocenters. The van der Waals surface area contributed by atoms with E-state index in [1.54, 1.807) is 11.8 Å². The van der Waals surface area contributed by atoms with Gasteiger partial charge in [-0.3, -0.25) is 19.3 Å². The molecule has 1 aromatic carbocycles. The molecule has 0 aliphatic carbocycles. The molecule has 0 bridgehead atoms. The van der Waals surface area contributed by atoms with Crippen molar-refractivity contribution in [3.63, 3.8) is 0 Å². The van der Waals surface area contributed by atoms with Gasteiger partial charge < -0.3 is 19.9 Å². The zero-order chi connectivity index (χ0) is 24.3. The topological polar surface area (TPSA) is 82.2 Å². The molecule has 2 amide bonds. The van der Waals surface area contributed by atoms with Crippen LogP contribution >= 0.6 is 0 Å². The Morgan fingerprint density at radius 1 is 1.12 bits per heavy atom. The van der Waals surface area contributed by atoms with Crippen LogP contribution in [0.2, 0.25) is 0 Å². The third-order valence-corrected chi connectivity index (χ3v) is 7.48. The van der Waals surface area contributed by atoms with Crippen LogP contribution in [0.15, 0.2) is 24.3 Å². The van der Waals surface area contributed by atoms with E-state index in [0.29, 0.717) is 32.4 Å². The number of cyclic esters (lactones) is 1. The molecular formula is C25H35FN4O4. The number of likely N-dealkylation sites (tertiary alicyclic amines) is 1. The number of halogens is 1. The van der Waals surface area contributed by atoms with Crippen molar-refractivity contribution in [2.24, 2.45) is 5.41 Å². The fraction of sp³-hybridized carbons (Fsp3) is 0.640. The molecule has 4 rings (SSSR count). The minimum absolute atomic E-state index is 0.0804. The summed E-state index contributed by atoms with van der Waals surface area (Å²) in [5, 5.41) is 2.63. The van der Waals surface area contributed by atoms with Crippen LogP contribution < -0.4 is 10.2 Å². The van der Waals surface area contributed by atoms with E-state index < -0.39 is 11.5 Å². The van der Waals surface area contributed by atoms with E-state index in [2.05, 4.69) is 15.1 Å². The zero-order valence-corrected chi connectivity index (χ0v) is 20.1. The Bertz CT molecular complexity index is 893. The number of amides is 2. The fourth-order valence-corrected chi connectivity index (χ4v) is 5.41. The summed E-state index contributed by atoms with van der Waals surface area (Å²) in [5.41, 5.74) is 0.559. The highest BCUT2D eigenvalue weighted by atomic mass is 19.1. The number of piperidine rings is 1. The number of carbonyl (C=O) groups excluding carboxylic acids is 3. The third kappa shape index (κ3) is 5.51. The van der Waals surface area contributed by atoms with Gasteiger partial charge in [0.15, 0.2) is 0 Å². The van der Waals surface area contributed by atoms with Gasteiger partial charge in [0, 0.05) is 64.8 Å². The van der Waals surface area contributed by atoms with Gasteiger partial charge >= 0.3 is 5.97 Å². The van der Waals surface area contributed by atoms with Crippen LogP contribution in [0.25, 0.3) is 0 Å². The second-order valence-corrected chi connectivity index (χ2v) is 9.85. The Kier molecular flexibility index (Phi) is 7.40. The monoisotopic (exact) mass is 474 g/mol. The van der Waals surface area contributed by atoms with E-state index in [0.717, 1.165) is 44.8 Å². The maximum Gasteiger partial charge on any atom is 0.312 e. The maximum absolute atomic E-state index is 13.2. The first-order chi connectivity index (χ1) is 16.3. The Morgan fingerprint density at radius 3 is 2.38 bits per heavy atom. The second-order valence-electron chi connectivity index (χ2n) is 9.85. The number of ether oxygens (including phenoxy) is 1. The number of carbonyl (C=O) groups is 3. The van der Waals surface area contributed by atoms with Gasteiger partial charge in [-0.05, 0) is 50.5 Å². The number of nitrogens with zero attached hydrogens (tertiary/aromatic N) is 3. The molecule has 186 valence electrons. The molecule has 0 radical (unpaired) electrons. The van der Waals surface area contributed by atoms with Gasteiger partial charge in [-0.15, -0.1) is 0 Å². The normalized spacial score (nSPS) is 23.6. The molecule has 0 saturated carbocycles. The van der Waals surface area contributed by atoms with E-state index in [-0.39, 0.29) is 29.7 Å². The van der Waals surface area contributed by atoms with Crippen LogP contribution in [0.4, 0.5) is 10.1 Å². The molecule has 3 aliphatic heterocycles. The molecule has 1 spiro atoms. The number of nitrogens with one attached hydrogen (secondary N) is 1. The van der Waals surface area contributed by atoms with Gasteiger partial charge in [0.1, 0.15) is 18.0 Å². The van der Waals surface area contributed by atoms with E-state index in [1.807, 2.05) is 12.1 Å². The summed E-state index contributed by atoms with van der Waals surface area (Å²) in [4.78, 5) is 43.0. The van der Waals surface area contributed by atoms with Crippen molar-refractivity contribution in [1.82, 2.24) is 15.1 Å². The first kappa shape index (κ1) is 24.4. The van der Waals surface area contributed by atoms with E-state index in [9.17, 15) is 18.8 Å². The molecule has 34 heavy (non-hydrogen) atoms. The quantitative estimate of drug-likeness (QED) is 0.633. The highest BCUT2D eigenvalue weighted by Crippen LogP contribution is 2.44. The number of esters is 1. The molecule has 3 saturated heterocycles. The molecule has 8 nitrogen and oxygen atoms in total. The van der Waals surface area contributed by atoms with Gasteiger partial charge in [-0.2, -0.15) is 0 Å². The van der Waals surface area contributed by atoms with Gasteiger partial charge in [-0.25, -0.2) is 4.39 Å². The molecule has 2 atom stereocenters. The Morgan fingerprint density at radius 2 is 1.76 bits per heavy atom. The zero-order valence-electron chi connectivity index (χ0n) is 20.1.